The van der Waals surface area contributed by atoms with E-state index in [9.17, 15) is 0 Å². The molecule has 0 amide bonds. The van der Waals surface area contributed by atoms with Crippen molar-refractivity contribution < 1.29 is 0 Å². The smallest absolute Gasteiger partial charge is 0.0541 e. The van der Waals surface area contributed by atoms with Crippen LogP contribution < -0.4 is 0 Å². The molecule has 0 atom stereocenters. The van der Waals surface area contributed by atoms with Gasteiger partial charge in [-0.25, -0.2) is 0 Å². The summed E-state index contributed by atoms with van der Waals surface area (Å²) in [5.74, 6) is 0. The molecule has 2 nitrogen and oxygen atoms in total. The molecule has 2 aromatic heterocycles. The van der Waals surface area contributed by atoms with Crippen LogP contribution in [0.1, 0.15) is 0 Å². The van der Waals surface area contributed by atoms with Crippen LogP contribution in [0.4, 0.5) is 0 Å². The zero-order valence-corrected chi connectivity index (χ0v) is 44.9. The first-order valence-corrected chi connectivity index (χ1v) is 28.3. The molecule has 0 fully saturated rings. The maximum Gasteiger partial charge on any atom is 0.0541 e. The number of aromatic nitrogens is 2. The van der Waals surface area contributed by atoms with Gasteiger partial charge in [-0.05, 0) is 178 Å². The predicted molar refractivity (Wildman–Crippen MR) is 348 cm³/mol. The minimum absolute atomic E-state index is 1.12. The highest BCUT2D eigenvalue weighted by molar-refractivity contribution is 6.21. The minimum atomic E-state index is 1.12. The molecule has 0 aliphatic heterocycles. The van der Waals surface area contributed by atoms with Gasteiger partial charge in [-0.2, -0.15) is 0 Å². The van der Waals surface area contributed by atoms with Crippen LogP contribution in [0.3, 0.4) is 0 Å². The van der Waals surface area contributed by atoms with Gasteiger partial charge in [0.1, 0.15) is 0 Å². The van der Waals surface area contributed by atoms with Crippen LogP contribution in [0.25, 0.3) is 154 Å². The van der Waals surface area contributed by atoms with Crippen LogP contribution in [-0.2, 0) is 0 Å². The summed E-state index contributed by atoms with van der Waals surface area (Å²) >= 11 is 0. The topological polar surface area (TPSA) is 9.86 Å². The lowest BCUT2D eigenvalue weighted by atomic mass is 9.86. The summed E-state index contributed by atoms with van der Waals surface area (Å²) in [6.07, 6.45) is 0. The molecule has 2 heteroatoms. The number of hydrogen-bond donors (Lipinski definition) is 0. The Hall–Kier alpha value is -10.8. The highest BCUT2D eigenvalue weighted by Crippen LogP contribution is 2.45. The quantitative estimate of drug-likeness (QED) is 0.128. The van der Waals surface area contributed by atoms with E-state index >= 15 is 0 Å². The zero-order valence-electron chi connectivity index (χ0n) is 44.9. The van der Waals surface area contributed by atoms with E-state index in [2.05, 4.69) is 325 Å². The third-order valence-electron chi connectivity index (χ3n) is 16.9. The number of rotatable bonds is 9. The molecule has 0 bridgehead atoms. The Morgan fingerprint density at radius 1 is 0.146 bits per heavy atom. The third-order valence-corrected chi connectivity index (χ3v) is 16.9. The molecule has 0 saturated heterocycles. The van der Waals surface area contributed by atoms with E-state index in [4.69, 9.17) is 0 Å². The van der Waals surface area contributed by atoms with Crippen molar-refractivity contribution in [2.24, 2.45) is 0 Å². The largest absolute Gasteiger partial charge is 0.309 e. The van der Waals surface area contributed by atoms with Crippen molar-refractivity contribution >= 4 is 65.2 Å². The Bertz CT molecular complexity index is 4910. The van der Waals surface area contributed by atoms with Gasteiger partial charge in [0, 0.05) is 32.9 Å². The Morgan fingerprint density at radius 3 is 0.829 bits per heavy atom. The van der Waals surface area contributed by atoms with Gasteiger partial charge < -0.3 is 9.13 Å². The van der Waals surface area contributed by atoms with Crippen molar-refractivity contribution in [2.45, 2.75) is 0 Å². The van der Waals surface area contributed by atoms with Crippen molar-refractivity contribution in [2.75, 3.05) is 0 Å². The molecule has 0 N–H and O–H groups in total. The molecule has 16 rings (SSSR count). The Labute approximate surface area is 476 Å². The van der Waals surface area contributed by atoms with Crippen LogP contribution in [0, 0.1) is 0 Å². The van der Waals surface area contributed by atoms with Crippen molar-refractivity contribution in [1.82, 2.24) is 9.13 Å². The summed E-state index contributed by atoms with van der Waals surface area (Å²) in [5.41, 5.74) is 23.9. The monoisotopic (exact) mass is 1040 g/mol. The molecule has 0 saturated carbocycles. The lowest BCUT2D eigenvalue weighted by molar-refractivity contribution is 1.18. The van der Waals surface area contributed by atoms with Gasteiger partial charge in [0.15, 0.2) is 0 Å². The molecule has 0 spiro atoms. The van der Waals surface area contributed by atoms with Gasteiger partial charge in [-0.15, -0.1) is 0 Å². The molecule has 0 radical (unpaired) electrons. The molecule has 82 heavy (non-hydrogen) atoms. The van der Waals surface area contributed by atoms with Crippen LogP contribution in [0.2, 0.25) is 0 Å². The molecule has 14 aromatic carbocycles. The molecular formula is C80H52N2. The van der Waals surface area contributed by atoms with E-state index in [-0.39, 0.29) is 0 Å². The van der Waals surface area contributed by atoms with Gasteiger partial charge in [0.05, 0.1) is 22.1 Å². The van der Waals surface area contributed by atoms with Crippen LogP contribution in [-0.4, -0.2) is 9.13 Å². The first kappa shape index (κ1) is 47.2. The van der Waals surface area contributed by atoms with E-state index in [0.29, 0.717) is 0 Å². The lowest BCUT2D eigenvalue weighted by Gasteiger charge is -2.18. The van der Waals surface area contributed by atoms with Crippen LogP contribution in [0.15, 0.2) is 315 Å². The Kier molecular flexibility index (Phi) is 11.2. The number of fused-ring (bicyclic) bond motifs is 8. The van der Waals surface area contributed by atoms with E-state index < -0.39 is 0 Å². The lowest BCUT2D eigenvalue weighted by Crippen LogP contribution is -1.95. The summed E-state index contributed by atoms with van der Waals surface area (Å²) in [4.78, 5) is 0. The molecule has 382 valence electrons. The predicted octanol–water partition coefficient (Wildman–Crippen LogP) is 21.9. The fraction of sp³-hybridized carbons (Fsp3) is 0. The van der Waals surface area contributed by atoms with Crippen molar-refractivity contribution in [3.8, 4) is 89.3 Å². The second kappa shape index (κ2) is 19.5. The number of benzene rings is 14. The molecule has 0 unspecified atom stereocenters. The molecule has 0 aliphatic rings. The summed E-state index contributed by atoms with van der Waals surface area (Å²) in [5, 5.41) is 9.94. The summed E-state index contributed by atoms with van der Waals surface area (Å²) in [6.45, 7) is 0. The molecular weight excluding hydrogens is 989 g/mol. The summed E-state index contributed by atoms with van der Waals surface area (Å²) in [6, 6.07) is 116. The van der Waals surface area contributed by atoms with E-state index in [0.717, 1.165) is 11.4 Å². The number of nitrogens with zero attached hydrogens (tertiary/aromatic N) is 2. The van der Waals surface area contributed by atoms with Crippen LogP contribution >= 0.6 is 0 Å². The number of para-hydroxylation sites is 1. The standard InChI is InChI=1S/C80H52N2/c1-4-18-53(19-5-1)58-24-16-26-60(48-58)63-39-46-77-73(51-63)74-52-64(61-27-17-25-59(49-61)54-20-6-2-7-21-54)40-47-78(74)82(77)65-41-34-55(35-42-65)62-38-45-76-72(50-62)67-28-14-15-33-75(67)81(76)66-43-36-57(37-44-66)80-70-31-12-10-29-68(70)79(56-22-8-3-9-23-56)69-30-11-13-32-71(69)80/h1-52H. The Morgan fingerprint density at radius 2 is 0.402 bits per heavy atom. The summed E-state index contributed by atoms with van der Waals surface area (Å²) < 4.78 is 4.87. The maximum absolute atomic E-state index is 2.44. The number of hydrogen-bond acceptors (Lipinski definition) is 0. The average Bonchev–Trinajstić information content (AvgIpc) is 4.05. The first-order chi connectivity index (χ1) is 40.7. The SMILES string of the molecule is c1ccc(-c2cccc(-c3ccc4c(c3)c3cc(-c5cccc(-c6ccccc6)c5)ccc3n4-c3ccc(-c4ccc5c(c4)c4ccccc4n5-c4ccc(-c5c6ccccc6c(-c6ccccc6)c6ccccc56)cc4)cc3)c2)cc1. The fourth-order valence-electron chi connectivity index (χ4n) is 13.0. The van der Waals surface area contributed by atoms with Gasteiger partial charge in [0.2, 0.25) is 0 Å². The maximum atomic E-state index is 2.44. The van der Waals surface area contributed by atoms with Crippen molar-refractivity contribution in [1.29, 1.82) is 0 Å². The fourth-order valence-corrected chi connectivity index (χ4v) is 13.0. The van der Waals surface area contributed by atoms with E-state index in [1.54, 1.807) is 0 Å². The third kappa shape index (κ3) is 7.95. The minimum Gasteiger partial charge on any atom is -0.309 e. The van der Waals surface area contributed by atoms with E-state index in [1.165, 1.54) is 143 Å². The summed E-state index contributed by atoms with van der Waals surface area (Å²) in [7, 11) is 0. The van der Waals surface area contributed by atoms with Crippen LogP contribution in [0.5, 0.6) is 0 Å². The second-order valence-corrected chi connectivity index (χ2v) is 21.6. The van der Waals surface area contributed by atoms with E-state index in [1.807, 2.05) is 0 Å². The van der Waals surface area contributed by atoms with Crippen molar-refractivity contribution in [3.63, 3.8) is 0 Å². The normalized spacial score (nSPS) is 11.7. The first-order valence-electron chi connectivity index (χ1n) is 28.3. The van der Waals surface area contributed by atoms with Crippen molar-refractivity contribution in [3.05, 3.63) is 315 Å². The van der Waals surface area contributed by atoms with Gasteiger partial charge in [-0.1, -0.05) is 237 Å². The van der Waals surface area contributed by atoms with Gasteiger partial charge >= 0.3 is 0 Å². The highest BCUT2D eigenvalue weighted by Gasteiger charge is 2.20. The molecule has 2 heterocycles. The Balaban J connectivity index is 0.774. The molecule has 16 aromatic rings. The average molecular weight is 1040 g/mol. The second-order valence-electron chi connectivity index (χ2n) is 21.6. The van der Waals surface area contributed by atoms with Gasteiger partial charge in [0.25, 0.3) is 0 Å². The van der Waals surface area contributed by atoms with Gasteiger partial charge in [-0.3, -0.25) is 0 Å². The highest BCUT2D eigenvalue weighted by atomic mass is 15.0. The zero-order chi connectivity index (χ0) is 54.1. The molecule has 0 aliphatic carbocycles.